The van der Waals surface area contributed by atoms with Gasteiger partial charge in [0.1, 0.15) is 0 Å². The maximum absolute atomic E-state index is 11.6. The first-order valence-corrected chi connectivity index (χ1v) is 2.17. The van der Waals surface area contributed by atoms with Crippen LogP contribution in [0.3, 0.4) is 0 Å². The van der Waals surface area contributed by atoms with E-state index in [1.54, 1.807) is 0 Å². The van der Waals surface area contributed by atoms with E-state index in [1.807, 2.05) is 0 Å². The molecule has 0 bridgehead atoms. The molecular weight excluding hydrogens is 140 g/mol. The van der Waals surface area contributed by atoms with E-state index in [9.17, 15) is 22.4 Å². The van der Waals surface area contributed by atoms with Crippen molar-refractivity contribution in [3.8, 4) is 0 Å². The molecule has 0 aliphatic heterocycles. The quantitative estimate of drug-likeness (QED) is 0.465. The molecule has 1 fully saturated rings. The number of carbonyl (C=O) groups excluding carboxylic acids is 1. The molecule has 1 aliphatic rings. The van der Waals surface area contributed by atoms with Gasteiger partial charge in [0.15, 0.2) is 0 Å². The second kappa shape index (κ2) is 1.27. The van der Waals surface area contributed by atoms with Crippen LogP contribution in [0.4, 0.5) is 17.6 Å². The molecule has 1 rings (SSSR count). The summed E-state index contributed by atoms with van der Waals surface area (Å²) in [5, 5.41) is 0. The molecule has 0 spiro atoms. The van der Waals surface area contributed by atoms with E-state index in [1.165, 1.54) is 0 Å². The van der Waals surface area contributed by atoms with E-state index < -0.39 is 24.0 Å². The number of hydrogen-bond donors (Lipinski definition) is 0. The van der Waals surface area contributed by atoms with Crippen LogP contribution in [-0.4, -0.2) is 17.6 Å². The van der Waals surface area contributed by atoms with Gasteiger partial charge < -0.3 is 0 Å². The normalized spacial score (nSPS) is 29.6. The smallest absolute Gasteiger partial charge is 0.292 e. The van der Waals surface area contributed by atoms with Crippen LogP contribution in [0.2, 0.25) is 0 Å². The van der Waals surface area contributed by atoms with E-state index in [4.69, 9.17) is 0 Å². The summed E-state index contributed by atoms with van der Waals surface area (Å²) < 4.78 is 46.4. The number of ketones is 1. The summed E-state index contributed by atoms with van der Waals surface area (Å²) in [7, 11) is 0. The van der Waals surface area contributed by atoms with Crippen LogP contribution in [0.5, 0.6) is 0 Å². The molecule has 0 aromatic heterocycles. The Hall–Kier alpha value is -0.610. The van der Waals surface area contributed by atoms with Gasteiger partial charge in [-0.1, -0.05) is 0 Å². The highest BCUT2D eigenvalue weighted by atomic mass is 19.3. The molecule has 0 atom stereocenters. The number of alkyl halides is 4. The van der Waals surface area contributed by atoms with Crippen molar-refractivity contribution in [1.82, 2.24) is 0 Å². The maximum Gasteiger partial charge on any atom is 0.367 e. The lowest BCUT2D eigenvalue weighted by molar-refractivity contribution is -0.247. The van der Waals surface area contributed by atoms with Crippen LogP contribution in [0.25, 0.3) is 0 Å². The minimum Gasteiger partial charge on any atom is -0.292 e. The van der Waals surface area contributed by atoms with Crippen molar-refractivity contribution >= 4 is 5.78 Å². The summed E-state index contributed by atoms with van der Waals surface area (Å²) >= 11 is 0. The number of carbonyl (C=O) groups is 1. The van der Waals surface area contributed by atoms with Gasteiger partial charge in [-0.3, -0.25) is 4.79 Å². The van der Waals surface area contributed by atoms with Crippen molar-refractivity contribution in [3.05, 3.63) is 0 Å². The van der Waals surface area contributed by atoms with Crippen molar-refractivity contribution in [2.75, 3.05) is 0 Å². The molecule has 0 N–H and O–H groups in total. The molecule has 1 saturated carbocycles. The molecule has 5 heteroatoms. The molecule has 0 aromatic carbocycles. The van der Waals surface area contributed by atoms with Crippen LogP contribution in [0.1, 0.15) is 6.42 Å². The highest BCUT2D eigenvalue weighted by molar-refractivity contribution is 5.94. The van der Waals surface area contributed by atoms with E-state index in [-0.39, 0.29) is 0 Å². The van der Waals surface area contributed by atoms with Crippen LogP contribution in [-0.2, 0) is 4.79 Å². The third-order valence-corrected chi connectivity index (χ3v) is 1.19. The average molecular weight is 142 g/mol. The van der Waals surface area contributed by atoms with Gasteiger partial charge in [-0.05, 0) is 0 Å². The van der Waals surface area contributed by atoms with Gasteiger partial charge >= 0.3 is 11.8 Å². The Morgan fingerprint density at radius 3 is 1.67 bits per heavy atom. The lowest BCUT2D eigenvalue weighted by Crippen LogP contribution is -2.59. The Morgan fingerprint density at radius 2 is 1.67 bits per heavy atom. The zero-order valence-electron chi connectivity index (χ0n) is 4.13. The number of halogens is 4. The Kier molecular flexibility index (Phi) is 0.921. The van der Waals surface area contributed by atoms with Crippen molar-refractivity contribution < 1.29 is 22.4 Å². The fourth-order valence-electron chi connectivity index (χ4n) is 0.521. The SMILES string of the molecule is O=C1CC(F)(F)C1(F)F. The molecule has 0 saturated heterocycles. The predicted octanol–water partition coefficient (Wildman–Crippen LogP) is 1.23. The third-order valence-electron chi connectivity index (χ3n) is 1.19. The minimum atomic E-state index is -4.40. The number of Topliss-reactive ketones (excluding diaryl/α,β-unsaturated/α-hetero) is 1. The van der Waals surface area contributed by atoms with E-state index in [2.05, 4.69) is 0 Å². The maximum atomic E-state index is 11.6. The summed E-state index contributed by atoms with van der Waals surface area (Å²) in [6.07, 6.45) is -1.32. The largest absolute Gasteiger partial charge is 0.367 e. The zero-order chi connectivity index (χ0) is 7.28. The van der Waals surface area contributed by atoms with Gasteiger partial charge in [0, 0.05) is 0 Å². The van der Waals surface area contributed by atoms with Gasteiger partial charge in [0.05, 0.1) is 6.42 Å². The summed E-state index contributed by atoms with van der Waals surface area (Å²) in [6.45, 7) is 0. The van der Waals surface area contributed by atoms with E-state index in [0.29, 0.717) is 0 Å². The molecular formula is C4H2F4O. The molecule has 9 heavy (non-hydrogen) atoms. The van der Waals surface area contributed by atoms with Gasteiger partial charge in [0.2, 0.25) is 5.78 Å². The fourth-order valence-corrected chi connectivity index (χ4v) is 0.521. The van der Waals surface area contributed by atoms with Crippen LogP contribution >= 0.6 is 0 Å². The Morgan fingerprint density at radius 1 is 1.22 bits per heavy atom. The summed E-state index contributed by atoms with van der Waals surface area (Å²) in [6, 6.07) is 0. The molecule has 1 nitrogen and oxygen atoms in total. The third kappa shape index (κ3) is 0.571. The number of rotatable bonds is 0. The molecule has 0 radical (unpaired) electrons. The van der Waals surface area contributed by atoms with Crippen molar-refractivity contribution in [2.24, 2.45) is 0 Å². The first-order chi connectivity index (χ1) is 3.88. The lowest BCUT2D eigenvalue weighted by atomic mass is 9.88. The van der Waals surface area contributed by atoms with Crippen LogP contribution in [0, 0.1) is 0 Å². The molecule has 0 amide bonds. The van der Waals surface area contributed by atoms with E-state index >= 15 is 0 Å². The molecule has 0 heterocycles. The highest BCUT2D eigenvalue weighted by Gasteiger charge is 2.72. The predicted molar refractivity (Wildman–Crippen MR) is 19.5 cm³/mol. The lowest BCUT2D eigenvalue weighted by Gasteiger charge is -2.33. The minimum absolute atomic E-state index is 1.32. The Labute approximate surface area is 47.7 Å². The topological polar surface area (TPSA) is 17.1 Å². The van der Waals surface area contributed by atoms with Gasteiger partial charge in [0.25, 0.3) is 0 Å². The Bertz CT molecular complexity index is 162. The first kappa shape index (κ1) is 6.51. The fraction of sp³-hybridized carbons (Fsp3) is 0.750. The monoisotopic (exact) mass is 142 g/mol. The van der Waals surface area contributed by atoms with Crippen LogP contribution in [0.15, 0.2) is 0 Å². The summed E-state index contributed by atoms with van der Waals surface area (Å²) in [5.41, 5.74) is 0. The highest BCUT2D eigenvalue weighted by Crippen LogP contribution is 2.47. The molecule has 0 unspecified atom stereocenters. The van der Waals surface area contributed by atoms with Gasteiger partial charge in [-0.25, -0.2) is 0 Å². The van der Waals surface area contributed by atoms with Crippen molar-refractivity contribution in [3.63, 3.8) is 0 Å². The first-order valence-electron chi connectivity index (χ1n) is 2.17. The zero-order valence-corrected chi connectivity index (χ0v) is 4.13. The van der Waals surface area contributed by atoms with Crippen molar-refractivity contribution in [2.45, 2.75) is 18.3 Å². The second-order valence-corrected chi connectivity index (χ2v) is 1.88. The van der Waals surface area contributed by atoms with Crippen LogP contribution < -0.4 is 0 Å². The summed E-state index contributed by atoms with van der Waals surface area (Å²) in [5.74, 6) is -10.2. The summed E-state index contributed by atoms with van der Waals surface area (Å²) in [4.78, 5) is 9.74. The molecule has 1 aliphatic carbocycles. The molecule has 0 aromatic rings. The van der Waals surface area contributed by atoms with Gasteiger partial charge in [-0.15, -0.1) is 0 Å². The average Bonchev–Trinajstić information content (AvgIpc) is 1.65. The Balaban J connectivity index is 2.82. The van der Waals surface area contributed by atoms with Gasteiger partial charge in [-0.2, -0.15) is 17.6 Å². The molecule has 52 valence electrons. The standard InChI is InChI=1S/C4H2F4O/c5-3(6)1-2(9)4(3,7)8/h1H2. The number of hydrogen-bond acceptors (Lipinski definition) is 1. The van der Waals surface area contributed by atoms with E-state index in [0.717, 1.165) is 0 Å². The second-order valence-electron chi connectivity index (χ2n) is 1.88. The van der Waals surface area contributed by atoms with Crippen molar-refractivity contribution in [1.29, 1.82) is 0 Å².